The molecule has 3 heteroatoms. The highest BCUT2D eigenvalue weighted by molar-refractivity contribution is 9.10. The summed E-state index contributed by atoms with van der Waals surface area (Å²) in [5.41, 5.74) is 2.61. The number of carbonyl (C=O) groups excluding carboxylic acids is 1. The zero-order chi connectivity index (χ0) is 13.3. The molecular weight excluding hydrogens is 295 g/mol. The van der Waals surface area contributed by atoms with Crippen LogP contribution in [0.25, 0.3) is 0 Å². The highest BCUT2D eigenvalue weighted by Gasteiger charge is 2.14. The van der Waals surface area contributed by atoms with Gasteiger partial charge in [-0.2, -0.15) is 0 Å². The van der Waals surface area contributed by atoms with Gasteiger partial charge >= 0.3 is 0 Å². The summed E-state index contributed by atoms with van der Waals surface area (Å²) in [5.74, 6) is -0.791. The Bertz CT molecular complexity index is 600. The van der Waals surface area contributed by atoms with E-state index in [0.717, 1.165) is 11.1 Å². The standard InChI is InChI=1S/C15H12BrFO/c1-9-5-10(2)7-11(6-9)15(18)13-4-3-12(16)8-14(13)17/h3-8H,1-2H3. The Hall–Kier alpha value is -1.48. The fourth-order valence-electron chi connectivity index (χ4n) is 1.93. The second-order valence-corrected chi connectivity index (χ2v) is 5.25. The first-order valence-corrected chi connectivity index (χ1v) is 6.35. The molecule has 2 aromatic carbocycles. The van der Waals surface area contributed by atoms with Crippen LogP contribution < -0.4 is 0 Å². The van der Waals surface area contributed by atoms with Crippen molar-refractivity contribution in [2.24, 2.45) is 0 Å². The minimum absolute atomic E-state index is 0.100. The molecular formula is C15H12BrFO. The summed E-state index contributed by atoms with van der Waals surface area (Å²) in [7, 11) is 0. The van der Waals surface area contributed by atoms with E-state index in [0.29, 0.717) is 10.0 Å². The summed E-state index contributed by atoms with van der Waals surface area (Å²) < 4.78 is 14.4. The smallest absolute Gasteiger partial charge is 0.195 e. The lowest BCUT2D eigenvalue weighted by molar-refractivity contribution is 0.103. The van der Waals surface area contributed by atoms with Gasteiger partial charge in [0, 0.05) is 10.0 Å². The van der Waals surface area contributed by atoms with Crippen LogP contribution >= 0.6 is 15.9 Å². The second kappa shape index (κ2) is 5.02. The van der Waals surface area contributed by atoms with Gasteiger partial charge in [-0.1, -0.05) is 33.1 Å². The van der Waals surface area contributed by atoms with E-state index in [1.807, 2.05) is 19.9 Å². The molecule has 0 aliphatic heterocycles. The maximum atomic E-state index is 13.7. The molecule has 0 aliphatic rings. The van der Waals surface area contributed by atoms with Crippen molar-refractivity contribution in [1.82, 2.24) is 0 Å². The molecule has 0 unspecified atom stereocenters. The molecule has 0 spiro atoms. The third kappa shape index (κ3) is 2.67. The molecule has 0 saturated carbocycles. The Balaban J connectivity index is 2.47. The lowest BCUT2D eigenvalue weighted by Crippen LogP contribution is -2.05. The Morgan fingerprint density at radius 3 is 2.22 bits per heavy atom. The molecule has 92 valence electrons. The lowest BCUT2D eigenvalue weighted by Gasteiger charge is -2.06. The summed E-state index contributed by atoms with van der Waals surface area (Å²) in [6, 6.07) is 10.00. The fourth-order valence-corrected chi connectivity index (χ4v) is 2.27. The van der Waals surface area contributed by atoms with Crippen LogP contribution in [0.15, 0.2) is 40.9 Å². The van der Waals surface area contributed by atoms with Gasteiger partial charge in [-0.25, -0.2) is 4.39 Å². The molecule has 0 fully saturated rings. The van der Waals surface area contributed by atoms with Crippen molar-refractivity contribution in [2.45, 2.75) is 13.8 Å². The minimum Gasteiger partial charge on any atom is -0.288 e. The highest BCUT2D eigenvalue weighted by atomic mass is 79.9. The molecule has 0 aromatic heterocycles. The van der Waals surface area contributed by atoms with Crippen molar-refractivity contribution in [3.63, 3.8) is 0 Å². The lowest BCUT2D eigenvalue weighted by atomic mass is 9.99. The number of hydrogen-bond donors (Lipinski definition) is 0. The SMILES string of the molecule is Cc1cc(C)cc(C(=O)c2ccc(Br)cc2F)c1. The first kappa shape index (κ1) is 13.0. The van der Waals surface area contributed by atoms with Crippen LogP contribution in [-0.4, -0.2) is 5.78 Å². The van der Waals surface area contributed by atoms with Gasteiger partial charge in [-0.3, -0.25) is 4.79 Å². The predicted molar refractivity (Wildman–Crippen MR) is 73.4 cm³/mol. The largest absolute Gasteiger partial charge is 0.288 e. The van der Waals surface area contributed by atoms with Crippen LogP contribution in [-0.2, 0) is 0 Å². The van der Waals surface area contributed by atoms with Crippen LogP contribution in [0, 0.1) is 19.7 Å². The molecule has 18 heavy (non-hydrogen) atoms. The van der Waals surface area contributed by atoms with Gasteiger partial charge in [-0.05, 0) is 44.2 Å². The predicted octanol–water partition coefficient (Wildman–Crippen LogP) is 4.44. The number of aryl methyl sites for hydroxylation is 2. The van der Waals surface area contributed by atoms with E-state index < -0.39 is 5.82 Å². The molecule has 0 amide bonds. The van der Waals surface area contributed by atoms with Crippen molar-refractivity contribution < 1.29 is 9.18 Å². The van der Waals surface area contributed by atoms with Crippen LogP contribution in [0.1, 0.15) is 27.0 Å². The number of benzene rings is 2. The van der Waals surface area contributed by atoms with Crippen molar-refractivity contribution in [2.75, 3.05) is 0 Å². The number of hydrogen-bond acceptors (Lipinski definition) is 1. The maximum Gasteiger partial charge on any atom is 0.195 e. The van der Waals surface area contributed by atoms with Crippen LogP contribution in [0.3, 0.4) is 0 Å². The van der Waals surface area contributed by atoms with Crippen LogP contribution in [0.4, 0.5) is 4.39 Å². The minimum atomic E-state index is -0.506. The summed E-state index contributed by atoms with van der Waals surface area (Å²) >= 11 is 3.17. The Morgan fingerprint density at radius 1 is 1.06 bits per heavy atom. The molecule has 0 saturated heterocycles. The molecule has 2 rings (SSSR count). The van der Waals surface area contributed by atoms with E-state index >= 15 is 0 Å². The van der Waals surface area contributed by atoms with Crippen LogP contribution in [0.2, 0.25) is 0 Å². The molecule has 0 atom stereocenters. The molecule has 2 aromatic rings. The first-order chi connectivity index (χ1) is 8.47. The van der Waals surface area contributed by atoms with Gasteiger partial charge in [0.25, 0.3) is 0 Å². The zero-order valence-corrected chi connectivity index (χ0v) is 11.7. The average Bonchev–Trinajstić information content (AvgIpc) is 2.26. The Labute approximate surface area is 114 Å². The third-order valence-corrected chi connectivity index (χ3v) is 3.15. The van der Waals surface area contributed by atoms with Gasteiger partial charge in [0.2, 0.25) is 0 Å². The normalized spacial score (nSPS) is 10.4. The van der Waals surface area contributed by atoms with Crippen molar-refractivity contribution in [1.29, 1.82) is 0 Å². The monoisotopic (exact) mass is 306 g/mol. The molecule has 1 nitrogen and oxygen atoms in total. The zero-order valence-electron chi connectivity index (χ0n) is 10.1. The maximum absolute atomic E-state index is 13.7. The molecule has 0 aliphatic carbocycles. The van der Waals surface area contributed by atoms with Crippen molar-refractivity contribution >= 4 is 21.7 Å². The van der Waals surface area contributed by atoms with Gasteiger partial charge in [-0.15, -0.1) is 0 Å². The summed E-state index contributed by atoms with van der Waals surface area (Å²) in [6.45, 7) is 3.84. The van der Waals surface area contributed by atoms with Gasteiger partial charge in [0.1, 0.15) is 5.82 Å². The van der Waals surface area contributed by atoms with E-state index in [2.05, 4.69) is 15.9 Å². The van der Waals surface area contributed by atoms with Gasteiger partial charge in [0.05, 0.1) is 5.56 Å². The summed E-state index contributed by atoms with van der Waals surface area (Å²) in [5, 5.41) is 0. The Morgan fingerprint density at radius 2 is 1.67 bits per heavy atom. The first-order valence-electron chi connectivity index (χ1n) is 5.55. The van der Waals surface area contributed by atoms with E-state index in [1.165, 1.54) is 12.1 Å². The van der Waals surface area contributed by atoms with Gasteiger partial charge < -0.3 is 0 Å². The number of ketones is 1. The van der Waals surface area contributed by atoms with Crippen molar-refractivity contribution in [3.8, 4) is 0 Å². The quantitative estimate of drug-likeness (QED) is 0.750. The molecule has 0 radical (unpaired) electrons. The molecule has 0 heterocycles. The third-order valence-electron chi connectivity index (χ3n) is 2.66. The van der Waals surface area contributed by atoms with E-state index in [1.54, 1.807) is 18.2 Å². The Kier molecular flexibility index (Phi) is 3.62. The number of halogens is 2. The average molecular weight is 307 g/mol. The number of carbonyl (C=O) groups is 1. The highest BCUT2D eigenvalue weighted by Crippen LogP contribution is 2.19. The molecule has 0 bridgehead atoms. The summed E-state index contributed by atoms with van der Waals surface area (Å²) in [6.07, 6.45) is 0. The van der Waals surface area contributed by atoms with Gasteiger partial charge in [0.15, 0.2) is 5.78 Å². The van der Waals surface area contributed by atoms with Crippen molar-refractivity contribution in [3.05, 3.63) is 68.9 Å². The molecule has 0 N–H and O–H groups in total. The van der Waals surface area contributed by atoms with E-state index in [-0.39, 0.29) is 11.3 Å². The fraction of sp³-hybridized carbons (Fsp3) is 0.133. The number of rotatable bonds is 2. The van der Waals surface area contributed by atoms with E-state index in [9.17, 15) is 9.18 Å². The van der Waals surface area contributed by atoms with E-state index in [4.69, 9.17) is 0 Å². The second-order valence-electron chi connectivity index (χ2n) is 4.33. The van der Waals surface area contributed by atoms with Crippen LogP contribution in [0.5, 0.6) is 0 Å². The summed E-state index contributed by atoms with van der Waals surface area (Å²) in [4.78, 5) is 12.2. The topological polar surface area (TPSA) is 17.1 Å².